The molecule has 34 heavy (non-hydrogen) atoms. The van der Waals surface area contributed by atoms with Crippen molar-refractivity contribution in [1.29, 1.82) is 0 Å². The van der Waals surface area contributed by atoms with Gasteiger partial charge in [0.1, 0.15) is 0 Å². The van der Waals surface area contributed by atoms with Gasteiger partial charge in [-0.3, -0.25) is 4.98 Å². The van der Waals surface area contributed by atoms with Crippen LogP contribution < -0.4 is 0 Å². The molecule has 1 aliphatic rings. The molecule has 4 aromatic rings. The van der Waals surface area contributed by atoms with Crippen LogP contribution in [0, 0.1) is 6.92 Å². The van der Waals surface area contributed by atoms with E-state index in [1.54, 1.807) is 0 Å². The van der Waals surface area contributed by atoms with E-state index in [1.807, 2.05) is 27.0 Å². The number of hydrogen-bond acceptors (Lipinski definition) is 1. The smallest absolute Gasteiger partial charge is 0.0456 e. The van der Waals surface area contributed by atoms with Crippen LogP contribution in [-0.2, 0) is 19.3 Å². The van der Waals surface area contributed by atoms with E-state index in [2.05, 4.69) is 97.6 Å². The highest BCUT2D eigenvalue weighted by Gasteiger charge is 2.10. The minimum atomic E-state index is 0. The van der Waals surface area contributed by atoms with Gasteiger partial charge in [0.05, 0.1) is 0 Å². The lowest BCUT2D eigenvalue weighted by atomic mass is 9.96. The zero-order chi connectivity index (χ0) is 24.5. The average Bonchev–Trinajstić information content (AvgIpc) is 3.52. The maximum absolute atomic E-state index is 4.24. The quantitative estimate of drug-likeness (QED) is 0.318. The summed E-state index contributed by atoms with van der Waals surface area (Å²) in [4.78, 5) is 7.56. The first kappa shape index (κ1) is 25.5. The molecule has 0 fully saturated rings. The molecule has 5 rings (SSSR count). The van der Waals surface area contributed by atoms with Crippen LogP contribution in [0.2, 0.25) is 0 Å². The van der Waals surface area contributed by atoms with Gasteiger partial charge < -0.3 is 4.98 Å². The predicted octanol–water partition coefficient (Wildman–Crippen LogP) is 9.31. The molecule has 0 saturated heterocycles. The van der Waals surface area contributed by atoms with E-state index in [9.17, 15) is 0 Å². The standard InChI is InChI=1S/C16H15N.C14H19N.C2H6.2H2/c1-12-10-13(8-9-17-12)11-15-6-2-4-14-5-3-7-16(14)15;1-4-10(3)12-6-7-14-13(8-12)11(5-2)9-15-14;1-2;;/h2-4,6-10H,5,11H2,1H3;6-10,15H,4-5H2,1-3H3;1-2H3;2*1H. The van der Waals surface area contributed by atoms with Crippen molar-refractivity contribution in [2.75, 3.05) is 0 Å². The van der Waals surface area contributed by atoms with Gasteiger partial charge in [0.2, 0.25) is 0 Å². The van der Waals surface area contributed by atoms with E-state index in [0.717, 1.165) is 25.0 Å². The van der Waals surface area contributed by atoms with Crippen LogP contribution in [0.25, 0.3) is 17.0 Å². The first-order valence-electron chi connectivity index (χ1n) is 12.9. The van der Waals surface area contributed by atoms with E-state index < -0.39 is 0 Å². The van der Waals surface area contributed by atoms with Crippen LogP contribution in [0.3, 0.4) is 0 Å². The highest BCUT2D eigenvalue weighted by atomic mass is 14.7. The predicted molar refractivity (Wildman–Crippen MR) is 153 cm³/mol. The molecular formula is C32H44N2. The molecule has 0 saturated carbocycles. The van der Waals surface area contributed by atoms with Crippen LogP contribution in [0.15, 0.2) is 67.0 Å². The van der Waals surface area contributed by atoms with Crippen molar-refractivity contribution in [3.63, 3.8) is 0 Å². The van der Waals surface area contributed by atoms with Gasteiger partial charge in [-0.1, -0.05) is 71.0 Å². The molecule has 1 aliphatic carbocycles. The summed E-state index contributed by atoms with van der Waals surface area (Å²) in [6, 6.07) is 17.7. The van der Waals surface area contributed by atoms with Crippen molar-refractivity contribution in [1.82, 2.24) is 9.97 Å². The molecule has 2 heteroatoms. The molecule has 0 amide bonds. The summed E-state index contributed by atoms with van der Waals surface area (Å²) in [5.41, 5.74) is 10.9. The number of nitrogens with zero attached hydrogens (tertiary/aromatic N) is 1. The molecule has 0 spiro atoms. The lowest BCUT2D eigenvalue weighted by molar-refractivity contribution is 0.734. The summed E-state index contributed by atoms with van der Waals surface area (Å²) in [6.45, 7) is 12.8. The molecular weight excluding hydrogens is 412 g/mol. The number of nitrogens with one attached hydrogen (secondary N) is 1. The summed E-state index contributed by atoms with van der Waals surface area (Å²) in [6.07, 6.45) is 12.9. The van der Waals surface area contributed by atoms with E-state index in [4.69, 9.17) is 0 Å². The van der Waals surface area contributed by atoms with Gasteiger partial charge in [0.15, 0.2) is 0 Å². The largest absolute Gasteiger partial charge is 0.361 e. The fourth-order valence-corrected chi connectivity index (χ4v) is 4.48. The van der Waals surface area contributed by atoms with Gasteiger partial charge in [-0.2, -0.15) is 0 Å². The average molecular weight is 457 g/mol. The van der Waals surface area contributed by atoms with E-state index >= 15 is 0 Å². The maximum atomic E-state index is 4.24. The number of hydrogen-bond donors (Lipinski definition) is 1. The van der Waals surface area contributed by atoms with E-state index in [-0.39, 0.29) is 2.85 Å². The summed E-state index contributed by atoms with van der Waals surface area (Å²) in [7, 11) is 0. The minimum Gasteiger partial charge on any atom is -0.361 e. The van der Waals surface area contributed by atoms with Gasteiger partial charge in [-0.05, 0) is 96.2 Å². The molecule has 0 bridgehead atoms. The van der Waals surface area contributed by atoms with Crippen LogP contribution in [0.1, 0.15) is 88.9 Å². The zero-order valence-corrected chi connectivity index (χ0v) is 21.8. The second-order valence-corrected chi connectivity index (χ2v) is 8.86. The number of pyridine rings is 1. The number of fused-ring (bicyclic) bond motifs is 2. The summed E-state index contributed by atoms with van der Waals surface area (Å²) in [5.74, 6) is 0.661. The second-order valence-electron chi connectivity index (χ2n) is 8.86. The van der Waals surface area contributed by atoms with Crippen molar-refractivity contribution >= 4 is 17.0 Å². The van der Waals surface area contributed by atoms with Crippen LogP contribution in [0.4, 0.5) is 0 Å². The number of rotatable bonds is 5. The number of aryl methyl sites for hydroxylation is 2. The third-order valence-electron chi connectivity index (χ3n) is 6.62. The van der Waals surface area contributed by atoms with Crippen LogP contribution in [0.5, 0.6) is 0 Å². The van der Waals surface area contributed by atoms with Crippen LogP contribution >= 0.6 is 0 Å². The van der Waals surface area contributed by atoms with Gasteiger partial charge in [-0.25, -0.2) is 0 Å². The molecule has 0 aliphatic heterocycles. The Hall–Kier alpha value is -3.13. The normalized spacial score (nSPS) is 12.4. The van der Waals surface area contributed by atoms with Crippen LogP contribution in [-0.4, -0.2) is 9.97 Å². The third kappa shape index (κ3) is 6.05. The van der Waals surface area contributed by atoms with E-state index in [0.29, 0.717) is 5.92 Å². The number of aromatic nitrogens is 2. The Morgan fingerprint density at radius 2 is 1.85 bits per heavy atom. The fourth-order valence-electron chi connectivity index (χ4n) is 4.48. The highest BCUT2D eigenvalue weighted by molar-refractivity contribution is 5.84. The summed E-state index contributed by atoms with van der Waals surface area (Å²) in [5, 5.41) is 1.40. The second kappa shape index (κ2) is 12.4. The van der Waals surface area contributed by atoms with Gasteiger partial charge in [-0.15, -0.1) is 0 Å². The van der Waals surface area contributed by atoms with Crippen molar-refractivity contribution in [2.24, 2.45) is 0 Å². The van der Waals surface area contributed by atoms with Crippen molar-refractivity contribution in [3.05, 3.63) is 106 Å². The summed E-state index contributed by atoms with van der Waals surface area (Å²) < 4.78 is 0. The van der Waals surface area contributed by atoms with E-state index in [1.165, 1.54) is 50.7 Å². The molecule has 182 valence electrons. The maximum Gasteiger partial charge on any atom is 0.0456 e. The fraction of sp³-hybridized carbons (Fsp3) is 0.344. The van der Waals surface area contributed by atoms with Crippen molar-refractivity contribution < 1.29 is 2.85 Å². The van der Waals surface area contributed by atoms with Crippen molar-refractivity contribution in [2.45, 2.75) is 73.1 Å². The first-order valence-corrected chi connectivity index (χ1v) is 12.9. The highest BCUT2D eigenvalue weighted by Crippen LogP contribution is 2.26. The zero-order valence-electron chi connectivity index (χ0n) is 21.8. The SMILES string of the molecule is CC.CCc1c[nH]c2ccc(C(C)CC)cc12.Cc1cc(Cc2cccc3c2C=CC3)ccn1.[HH].[HH]. The summed E-state index contributed by atoms with van der Waals surface area (Å²) >= 11 is 0. The molecule has 1 N–H and O–H groups in total. The molecule has 0 radical (unpaired) electrons. The Morgan fingerprint density at radius 1 is 1.03 bits per heavy atom. The Morgan fingerprint density at radius 3 is 2.59 bits per heavy atom. The first-order chi connectivity index (χ1) is 16.6. The molecule has 2 aromatic carbocycles. The molecule has 1 unspecified atom stereocenters. The monoisotopic (exact) mass is 456 g/mol. The Kier molecular flexibility index (Phi) is 9.27. The molecule has 2 heterocycles. The Bertz CT molecular complexity index is 1240. The van der Waals surface area contributed by atoms with Gasteiger partial charge in [0, 0.05) is 31.8 Å². The Labute approximate surface area is 209 Å². The Balaban J connectivity index is 0.000000322. The number of aromatic amines is 1. The van der Waals surface area contributed by atoms with Gasteiger partial charge >= 0.3 is 0 Å². The van der Waals surface area contributed by atoms with Crippen molar-refractivity contribution in [3.8, 4) is 0 Å². The lowest BCUT2D eigenvalue weighted by Gasteiger charge is -2.09. The molecule has 2 aromatic heterocycles. The molecule has 1 atom stereocenters. The van der Waals surface area contributed by atoms with Gasteiger partial charge in [0.25, 0.3) is 0 Å². The number of benzene rings is 2. The number of H-pyrrole nitrogens is 1. The lowest BCUT2D eigenvalue weighted by Crippen LogP contribution is -1.94. The third-order valence-corrected chi connectivity index (χ3v) is 6.62. The molecule has 2 nitrogen and oxygen atoms in total. The topological polar surface area (TPSA) is 28.7 Å². The number of allylic oxidation sites excluding steroid dienone is 1. The minimum absolute atomic E-state index is 0.